The number of rotatable bonds is 3. The molecule has 24 heavy (non-hydrogen) atoms. The fourth-order valence-electron chi connectivity index (χ4n) is 3.32. The van der Waals surface area contributed by atoms with Crippen molar-refractivity contribution >= 4 is 26.8 Å². The highest BCUT2D eigenvalue weighted by Crippen LogP contribution is 2.32. The number of carboxylic acids is 1. The van der Waals surface area contributed by atoms with E-state index in [-0.39, 0.29) is 11.9 Å². The SMILES string of the molecule is C[C@@H]1[C@H](C(=O)O)CCCN1S(=O)(=O)c1ccc2ccccc2c1F. The van der Waals surface area contributed by atoms with Crippen LogP contribution in [-0.4, -0.2) is 36.4 Å². The molecule has 0 amide bonds. The van der Waals surface area contributed by atoms with Crippen molar-refractivity contribution in [2.24, 2.45) is 5.92 Å². The Labute approximate surface area is 139 Å². The lowest BCUT2D eigenvalue weighted by atomic mass is 9.92. The van der Waals surface area contributed by atoms with Gasteiger partial charge in [-0.25, -0.2) is 12.8 Å². The minimum absolute atomic E-state index is 0.194. The Balaban J connectivity index is 2.08. The van der Waals surface area contributed by atoms with Crippen molar-refractivity contribution < 1.29 is 22.7 Å². The third kappa shape index (κ3) is 2.67. The molecule has 3 rings (SSSR count). The predicted octanol–water partition coefficient (Wildman–Crippen LogP) is 2.85. The van der Waals surface area contributed by atoms with E-state index in [1.54, 1.807) is 31.2 Å². The van der Waals surface area contributed by atoms with Gasteiger partial charge in [-0.05, 0) is 31.2 Å². The number of fused-ring (bicyclic) bond motifs is 1. The van der Waals surface area contributed by atoms with Gasteiger partial charge in [-0.3, -0.25) is 4.79 Å². The van der Waals surface area contributed by atoms with Gasteiger partial charge in [0.1, 0.15) is 4.90 Å². The summed E-state index contributed by atoms with van der Waals surface area (Å²) in [5.41, 5.74) is 0. The highest BCUT2D eigenvalue weighted by molar-refractivity contribution is 7.89. The average molecular weight is 351 g/mol. The first kappa shape index (κ1) is 16.9. The zero-order valence-electron chi connectivity index (χ0n) is 13.1. The van der Waals surface area contributed by atoms with E-state index in [0.717, 1.165) is 4.31 Å². The van der Waals surface area contributed by atoms with Gasteiger partial charge < -0.3 is 5.11 Å². The average Bonchev–Trinajstić information content (AvgIpc) is 2.55. The third-order valence-electron chi connectivity index (χ3n) is 4.66. The van der Waals surface area contributed by atoms with Crippen LogP contribution in [0.15, 0.2) is 41.3 Å². The molecule has 1 aliphatic rings. The van der Waals surface area contributed by atoms with Crippen LogP contribution in [-0.2, 0) is 14.8 Å². The first-order valence-corrected chi connectivity index (χ1v) is 9.20. The van der Waals surface area contributed by atoms with Gasteiger partial charge in [0.05, 0.1) is 5.92 Å². The standard InChI is InChI=1S/C17H18FNO4S/c1-11-13(17(20)21)7-4-10-19(11)24(22,23)15-9-8-12-5-2-3-6-14(12)16(15)18/h2-3,5-6,8-9,11,13H,4,7,10H2,1H3,(H,20,21)/t11-,13-/m1/s1. The Morgan fingerprint density at radius 3 is 2.67 bits per heavy atom. The Kier molecular flexibility index (Phi) is 4.31. The molecular weight excluding hydrogens is 333 g/mol. The predicted molar refractivity (Wildman–Crippen MR) is 87.6 cm³/mol. The molecule has 0 unspecified atom stereocenters. The van der Waals surface area contributed by atoms with E-state index in [2.05, 4.69) is 0 Å². The van der Waals surface area contributed by atoms with Gasteiger partial charge >= 0.3 is 5.97 Å². The van der Waals surface area contributed by atoms with Crippen LogP contribution >= 0.6 is 0 Å². The molecule has 1 fully saturated rings. The Morgan fingerprint density at radius 1 is 1.25 bits per heavy atom. The number of aliphatic carboxylic acids is 1. The molecule has 1 saturated heterocycles. The van der Waals surface area contributed by atoms with E-state index in [4.69, 9.17) is 0 Å². The first-order chi connectivity index (χ1) is 11.3. The lowest BCUT2D eigenvalue weighted by Gasteiger charge is -2.36. The summed E-state index contributed by atoms with van der Waals surface area (Å²) in [5, 5.41) is 10.1. The molecule has 0 radical (unpaired) electrons. The van der Waals surface area contributed by atoms with Crippen LogP contribution in [0.5, 0.6) is 0 Å². The molecule has 0 aromatic heterocycles. The Bertz CT molecular complexity index is 897. The molecule has 1 N–H and O–H groups in total. The van der Waals surface area contributed by atoms with E-state index in [0.29, 0.717) is 18.2 Å². The molecule has 0 bridgehead atoms. The molecule has 128 valence electrons. The van der Waals surface area contributed by atoms with Gasteiger partial charge in [0.2, 0.25) is 10.0 Å². The molecule has 5 nitrogen and oxygen atoms in total. The number of sulfonamides is 1. The molecule has 0 aliphatic carbocycles. The molecule has 1 aliphatic heterocycles. The number of hydrogen-bond donors (Lipinski definition) is 1. The fourth-order valence-corrected chi connectivity index (χ4v) is 5.10. The second kappa shape index (κ2) is 6.14. The summed E-state index contributed by atoms with van der Waals surface area (Å²) < 4.78 is 41.7. The van der Waals surface area contributed by atoms with Gasteiger partial charge in [0.25, 0.3) is 0 Å². The highest BCUT2D eigenvalue weighted by Gasteiger charge is 2.40. The highest BCUT2D eigenvalue weighted by atomic mass is 32.2. The normalized spacial score (nSPS) is 22.6. The van der Waals surface area contributed by atoms with Crippen molar-refractivity contribution in [1.82, 2.24) is 4.31 Å². The first-order valence-electron chi connectivity index (χ1n) is 7.76. The van der Waals surface area contributed by atoms with E-state index >= 15 is 0 Å². The molecule has 2 aromatic carbocycles. The van der Waals surface area contributed by atoms with E-state index in [1.165, 1.54) is 12.1 Å². The van der Waals surface area contributed by atoms with E-state index in [9.17, 15) is 22.7 Å². The topological polar surface area (TPSA) is 74.7 Å². The number of halogens is 1. The molecule has 7 heteroatoms. The molecular formula is C17H18FNO4S. The summed E-state index contributed by atoms with van der Waals surface area (Å²) in [6, 6.07) is 8.74. The maximum atomic E-state index is 14.8. The Hall–Kier alpha value is -1.99. The van der Waals surface area contributed by atoms with Crippen LogP contribution in [0.25, 0.3) is 10.8 Å². The van der Waals surface area contributed by atoms with Crippen molar-refractivity contribution in [3.8, 4) is 0 Å². The second-order valence-corrected chi connectivity index (χ2v) is 7.90. The zero-order valence-corrected chi connectivity index (χ0v) is 14.0. The quantitative estimate of drug-likeness (QED) is 0.923. The number of hydrogen-bond acceptors (Lipinski definition) is 3. The lowest BCUT2D eigenvalue weighted by Crippen LogP contribution is -2.49. The zero-order chi connectivity index (χ0) is 17.5. The van der Waals surface area contributed by atoms with Crippen LogP contribution in [0.4, 0.5) is 4.39 Å². The number of nitrogens with zero attached hydrogens (tertiary/aromatic N) is 1. The number of piperidine rings is 1. The van der Waals surface area contributed by atoms with Crippen molar-refractivity contribution in [2.75, 3.05) is 6.54 Å². The number of carbonyl (C=O) groups is 1. The largest absolute Gasteiger partial charge is 0.481 e. The fraction of sp³-hybridized carbons (Fsp3) is 0.353. The minimum atomic E-state index is -4.10. The third-order valence-corrected chi connectivity index (χ3v) is 6.67. The van der Waals surface area contributed by atoms with Crippen LogP contribution in [0.3, 0.4) is 0 Å². The van der Waals surface area contributed by atoms with Gasteiger partial charge in [-0.15, -0.1) is 0 Å². The maximum absolute atomic E-state index is 14.8. The van der Waals surface area contributed by atoms with Gasteiger partial charge in [0.15, 0.2) is 5.82 Å². The lowest BCUT2D eigenvalue weighted by molar-refractivity contribution is -0.144. The molecule has 0 saturated carbocycles. The summed E-state index contributed by atoms with van der Waals surface area (Å²) in [4.78, 5) is 10.9. The van der Waals surface area contributed by atoms with Crippen molar-refractivity contribution in [1.29, 1.82) is 0 Å². The van der Waals surface area contributed by atoms with E-state index < -0.39 is 38.7 Å². The number of carboxylic acid groups (broad SMARTS) is 1. The van der Waals surface area contributed by atoms with Crippen LogP contribution in [0.2, 0.25) is 0 Å². The number of benzene rings is 2. The molecule has 1 heterocycles. The molecule has 0 spiro atoms. The molecule has 2 atom stereocenters. The van der Waals surface area contributed by atoms with Crippen LogP contribution < -0.4 is 0 Å². The van der Waals surface area contributed by atoms with Crippen LogP contribution in [0, 0.1) is 11.7 Å². The summed E-state index contributed by atoms with van der Waals surface area (Å²) >= 11 is 0. The van der Waals surface area contributed by atoms with E-state index in [1.807, 2.05) is 0 Å². The summed E-state index contributed by atoms with van der Waals surface area (Å²) in [6.45, 7) is 1.76. The smallest absolute Gasteiger partial charge is 0.308 e. The monoisotopic (exact) mass is 351 g/mol. The van der Waals surface area contributed by atoms with Crippen LogP contribution in [0.1, 0.15) is 19.8 Å². The second-order valence-electron chi connectivity index (χ2n) is 6.04. The Morgan fingerprint density at radius 2 is 1.96 bits per heavy atom. The van der Waals surface area contributed by atoms with Gasteiger partial charge in [-0.1, -0.05) is 30.3 Å². The minimum Gasteiger partial charge on any atom is -0.481 e. The van der Waals surface area contributed by atoms with Crippen molar-refractivity contribution in [3.63, 3.8) is 0 Å². The van der Waals surface area contributed by atoms with Gasteiger partial charge in [-0.2, -0.15) is 4.31 Å². The van der Waals surface area contributed by atoms with Crippen molar-refractivity contribution in [3.05, 3.63) is 42.2 Å². The summed E-state index contributed by atoms with van der Waals surface area (Å²) in [6.07, 6.45) is 0.860. The summed E-state index contributed by atoms with van der Waals surface area (Å²) in [5.74, 6) is -2.60. The summed E-state index contributed by atoms with van der Waals surface area (Å²) in [7, 11) is -4.10. The van der Waals surface area contributed by atoms with Crippen molar-refractivity contribution in [2.45, 2.75) is 30.7 Å². The maximum Gasteiger partial charge on any atom is 0.308 e. The molecule has 2 aromatic rings. The van der Waals surface area contributed by atoms with Gasteiger partial charge in [0, 0.05) is 18.0 Å².